The van der Waals surface area contributed by atoms with Crippen molar-refractivity contribution in [3.05, 3.63) is 64.9 Å². The van der Waals surface area contributed by atoms with Crippen LogP contribution in [-0.4, -0.2) is 58.8 Å². The summed E-state index contributed by atoms with van der Waals surface area (Å²) in [5, 5.41) is 0.543. The van der Waals surface area contributed by atoms with E-state index in [1.807, 2.05) is 23.1 Å². The molecule has 0 spiro atoms. The van der Waals surface area contributed by atoms with Gasteiger partial charge in [0.25, 0.3) is 5.91 Å². The van der Waals surface area contributed by atoms with E-state index in [1.165, 1.54) is 0 Å². The number of carbonyl (C=O) groups is 2. The Bertz CT molecular complexity index is 855. The van der Waals surface area contributed by atoms with Gasteiger partial charge in [0.15, 0.2) is 0 Å². The number of aromatic nitrogens is 1. The van der Waals surface area contributed by atoms with Crippen molar-refractivity contribution in [3.63, 3.8) is 0 Å². The lowest BCUT2D eigenvalue weighted by atomic mass is 10.1. The molecular weight excluding hydrogens is 378 g/mol. The number of benzene rings is 1. The molecule has 2 saturated heterocycles. The number of piperazine rings is 1. The molecule has 4 rings (SSSR count). The maximum atomic E-state index is 12.9. The summed E-state index contributed by atoms with van der Waals surface area (Å²) in [4.78, 5) is 33.4. The van der Waals surface area contributed by atoms with E-state index in [4.69, 9.17) is 11.6 Å². The number of nitrogens with one attached hydrogen (secondary N) is 2. The number of pyridine rings is 1. The van der Waals surface area contributed by atoms with Crippen LogP contribution >= 0.6 is 11.6 Å². The fourth-order valence-electron chi connectivity index (χ4n) is 3.65. The first-order valence-electron chi connectivity index (χ1n) is 9.37. The summed E-state index contributed by atoms with van der Waals surface area (Å²) in [5.74, 6) is 0.00580. The van der Waals surface area contributed by atoms with Crippen LogP contribution in [0.15, 0.2) is 48.7 Å². The van der Waals surface area contributed by atoms with E-state index in [0.717, 1.165) is 5.69 Å². The molecule has 2 unspecified atom stereocenters. The largest absolute Gasteiger partial charge is 0.338 e. The van der Waals surface area contributed by atoms with Gasteiger partial charge >= 0.3 is 0 Å². The van der Waals surface area contributed by atoms with Gasteiger partial charge in [-0.05, 0) is 36.8 Å². The molecule has 2 aliphatic rings. The number of hydrazine groups is 1. The average Bonchev–Trinajstić information content (AvgIpc) is 3.24. The SMILES string of the molecule is O=C(c1cccc(Cl)c1)N1CCN(C(=O)C2CC(c3ccccn3)NN2)CC1. The van der Waals surface area contributed by atoms with E-state index < -0.39 is 0 Å². The predicted octanol–water partition coefficient (Wildman–Crippen LogP) is 1.63. The van der Waals surface area contributed by atoms with Crippen molar-refractivity contribution < 1.29 is 9.59 Å². The molecule has 3 heterocycles. The first-order chi connectivity index (χ1) is 13.6. The number of rotatable bonds is 3. The van der Waals surface area contributed by atoms with E-state index in [-0.39, 0.29) is 23.9 Å². The molecule has 2 atom stereocenters. The van der Waals surface area contributed by atoms with Crippen LogP contribution in [0.25, 0.3) is 0 Å². The summed E-state index contributed by atoms with van der Waals surface area (Å²) in [6, 6.07) is 12.4. The number of hydrogen-bond acceptors (Lipinski definition) is 5. The fourth-order valence-corrected chi connectivity index (χ4v) is 3.84. The second-order valence-electron chi connectivity index (χ2n) is 7.01. The smallest absolute Gasteiger partial charge is 0.254 e. The van der Waals surface area contributed by atoms with Crippen LogP contribution in [0.5, 0.6) is 0 Å². The minimum Gasteiger partial charge on any atom is -0.338 e. The summed E-state index contributed by atoms with van der Waals surface area (Å²) in [6.45, 7) is 2.08. The van der Waals surface area contributed by atoms with Crippen LogP contribution < -0.4 is 10.9 Å². The molecule has 8 heteroatoms. The van der Waals surface area contributed by atoms with Gasteiger partial charge in [-0.1, -0.05) is 23.7 Å². The van der Waals surface area contributed by atoms with Crippen molar-refractivity contribution in [2.45, 2.75) is 18.5 Å². The zero-order chi connectivity index (χ0) is 19.5. The van der Waals surface area contributed by atoms with E-state index >= 15 is 0 Å². The third-order valence-corrected chi connectivity index (χ3v) is 5.43. The van der Waals surface area contributed by atoms with Crippen LogP contribution in [0.3, 0.4) is 0 Å². The van der Waals surface area contributed by atoms with Gasteiger partial charge in [0, 0.05) is 43.0 Å². The molecule has 146 valence electrons. The van der Waals surface area contributed by atoms with Gasteiger partial charge < -0.3 is 9.80 Å². The normalized spacial score (nSPS) is 22.3. The van der Waals surface area contributed by atoms with Crippen LogP contribution in [0.4, 0.5) is 0 Å². The Morgan fingerprint density at radius 2 is 1.79 bits per heavy atom. The summed E-state index contributed by atoms with van der Waals surface area (Å²) in [5.41, 5.74) is 7.75. The Morgan fingerprint density at radius 3 is 2.50 bits per heavy atom. The third-order valence-electron chi connectivity index (χ3n) is 5.20. The zero-order valence-electron chi connectivity index (χ0n) is 15.3. The van der Waals surface area contributed by atoms with Gasteiger partial charge in [0.1, 0.15) is 6.04 Å². The second kappa shape index (κ2) is 8.26. The van der Waals surface area contributed by atoms with Crippen molar-refractivity contribution >= 4 is 23.4 Å². The van der Waals surface area contributed by atoms with Crippen molar-refractivity contribution in [3.8, 4) is 0 Å². The number of halogens is 1. The minimum absolute atomic E-state index is 0.0147. The number of carbonyl (C=O) groups excluding carboxylic acids is 2. The van der Waals surface area contributed by atoms with Crippen LogP contribution in [-0.2, 0) is 4.79 Å². The molecule has 2 aromatic rings. The molecule has 2 fully saturated rings. The highest BCUT2D eigenvalue weighted by Gasteiger charge is 2.35. The molecule has 2 N–H and O–H groups in total. The highest BCUT2D eigenvalue weighted by molar-refractivity contribution is 6.30. The Kier molecular flexibility index (Phi) is 5.57. The standard InChI is InChI=1S/C20H22ClN5O2/c21-15-5-3-4-14(12-15)19(27)25-8-10-26(11-9-25)20(28)18-13-17(23-24-18)16-6-1-2-7-22-16/h1-7,12,17-18,23-24H,8-11,13H2. The fraction of sp³-hybridized carbons (Fsp3) is 0.350. The van der Waals surface area contributed by atoms with Gasteiger partial charge in [-0.15, -0.1) is 0 Å². The van der Waals surface area contributed by atoms with Crippen molar-refractivity contribution in [2.75, 3.05) is 26.2 Å². The van der Waals surface area contributed by atoms with Crippen LogP contribution in [0.1, 0.15) is 28.5 Å². The third kappa shape index (κ3) is 4.01. The van der Waals surface area contributed by atoms with Crippen LogP contribution in [0, 0.1) is 0 Å². The molecule has 0 saturated carbocycles. The van der Waals surface area contributed by atoms with Gasteiger partial charge in [0.05, 0.1) is 11.7 Å². The molecule has 0 aliphatic carbocycles. The maximum absolute atomic E-state index is 12.9. The van der Waals surface area contributed by atoms with E-state index in [0.29, 0.717) is 43.2 Å². The summed E-state index contributed by atoms with van der Waals surface area (Å²) in [7, 11) is 0. The topological polar surface area (TPSA) is 77.6 Å². The molecule has 0 bridgehead atoms. The highest BCUT2D eigenvalue weighted by atomic mass is 35.5. The van der Waals surface area contributed by atoms with Crippen molar-refractivity contribution in [2.24, 2.45) is 0 Å². The first-order valence-corrected chi connectivity index (χ1v) is 9.75. The van der Waals surface area contributed by atoms with Gasteiger partial charge in [-0.3, -0.25) is 14.6 Å². The minimum atomic E-state index is -0.290. The first kappa shape index (κ1) is 18.9. The Hall–Kier alpha value is -2.48. The lowest BCUT2D eigenvalue weighted by Crippen LogP contribution is -2.54. The Morgan fingerprint density at radius 1 is 1.00 bits per heavy atom. The van der Waals surface area contributed by atoms with E-state index in [1.54, 1.807) is 35.4 Å². The predicted molar refractivity (Wildman–Crippen MR) is 106 cm³/mol. The molecule has 28 heavy (non-hydrogen) atoms. The molecular formula is C20H22ClN5O2. The number of amides is 2. The molecule has 0 radical (unpaired) electrons. The highest BCUT2D eigenvalue weighted by Crippen LogP contribution is 2.22. The molecule has 7 nitrogen and oxygen atoms in total. The van der Waals surface area contributed by atoms with Gasteiger partial charge in [-0.2, -0.15) is 0 Å². The number of hydrogen-bond donors (Lipinski definition) is 2. The van der Waals surface area contributed by atoms with Gasteiger partial charge in [0.2, 0.25) is 5.91 Å². The molecule has 2 aliphatic heterocycles. The van der Waals surface area contributed by atoms with E-state index in [2.05, 4.69) is 15.8 Å². The lowest BCUT2D eigenvalue weighted by Gasteiger charge is -2.36. The average molecular weight is 400 g/mol. The molecule has 1 aromatic heterocycles. The van der Waals surface area contributed by atoms with Gasteiger partial charge in [-0.25, -0.2) is 10.9 Å². The second-order valence-corrected chi connectivity index (χ2v) is 7.45. The monoisotopic (exact) mass is 399 g/mol. The summed E-state index contributed by atoms with van der Waals surface area (Å²) in [6.07, 6.45) is 2.40. The quantitative estimate of drug-likeness (QED) is 0.820. The van der Waals surface area contributed by atoms with Crippen LogP contribution in [0.2, 0.25) is 5.02 Å². The maximum Gasteiger partial charge on any atom is 0.254 e. The summed E-state index contributed by atoms with van der Waals surface area (Å²) >= 11 is 5.98. The number of nitrogens with zero attached hydrogens (tertiary/aromatic N) is 3. The Balaban J connectivity index is 1.31. The van der Waals surface area contributed by atoms with Crippen molar-refractivity contribution in [1.29, 1.82) is 0 Å². The Labute approximate surface area is 168 Å². The summed E-state index contributed by atoms with van der Waals surface area (Å²) < 4.78 is 0. The molecule has 2 amide bonds. The molecule has 1 aromatic carbocycles. The zero-order valence-corrected chi connectivity index (χ0v) is 16.1. The van der Waals surface area contributed by atoms with E-state index in [9.17, 15) is 9.59 Å². The van der Waals surface area contributed by atoms with Crippen molar-refractivity contribution in [1.82, 2.24) is 25.6 Å². The lowest BCUT2D eigenvalue weighted by molar-refractivity contribution is -0.134.